The molecule has 0 aliphatic rings. The number of hydrogen-bond acceptors (Lipinski definition) is 6. The second kappa shape index (κ2) is 6.87. The van der Waals surface area contributed by atoms with Crippen LogP contribution in [0.2, 0.25) is 0 Å². The van der Waals surface area contributed by atoms with Gasteiger partial charge in [0.25, 0.3) is 5.95 Å². The van der Waals surface area contributed by atoms with Gasteiger partial charge in [-0.05, 0) is 25.1 Å². The van der Waals surface area contributed by atoms with E-state index < -0.39 is 0 Å². The van der Waals surface area contributed by atoms with Gasteiger partial charge in [0.15, 0.2) is 0 Å². The van der Waals surface area contributed by atoms with E-state index in [4.69, 9.17) is 0 Å². The Bertz CT molecular complexity index is 879. The summed E-state index contributed by atoms with van der Waals surface area (Å²) in [6.45, 7) is 2.04. The monoisotopic (exact) mass is 320 g/mol. The number of aromatic hydroxyl groups is 2. The van der Waals surface area contributed by atoms with Gasteiger partial charge in [-0.25, -0.2) is 9.97 Å². The van der Waals surface area contributed by atoms with Gasteiger partial charge in [0.05, 0.1) is 12.2 Å². The minimum atomic E-state index is -0.0240. The van der Waals surface area contributed by atoms with Crippen molar-refractivity contribution in [3.63, 3.8) is 0 Å². The summed E-state index contributed by atoms with van der Waals surface area (Å²) in [5, 5.41) is 27.1. The number of nitrogens with zero attached hydrogens (tertiary/aromatic N) is 4. The number of benzene rings is 2. The zero-order valence-electron chi connectivity index (χ0n) is 13.1. The Kier molecular flexibility index (Phi) is 4.47. The molecular weight excluding hydrogens is 304 g/mol. The van der Waals surface area contributed by atoms with Crippen LogP contribution in [0.3, 0.4) is 0 Å². The van der Waals surface area contributed by atoms with Gasteiger partial charge < -0.3 is 10.2 Å². The molecule has 0 aliphatic carbocycles. The third-order valence-electron chi connectivity index (χ3n) is 3.38. The summed E-state index contributed by atoms with van der Waals surface area (Å²) in [7, 11) is 0. The van der Waals surface area contributed by atoms with E-state index >= 15 is 0 Å². The lowest BCUT2D eigenvalue weighted by molar-refractivity contribution is 0.446. The van der Waals surface area contributed by atoms with Crippen LogP contribution in [0.1, 0.15) is 11.3 Å². The molecule has 3 aromatic rings. The van der Waals surface area contributed by atoms with Crippen molar-refractivity contribution in [1.82, 2.24) is 9.97 Å². The predicted molar refractivity (Wildman–Crippen MR) is 90.2 cm³/mol. The third kappa shape index (κ3) is 3.73. The molecule has 0 unspecified atom stereocenters. The molecular formula is C18H16N4O2. The number of hydrogen-bond donors (Lipinski definition) is 2. The van der Waals surface area contributed by atoms with Gasteiger partial charge in [0.2, 0.25) is 0 Å². The Hall–Kier alpha value is -3.28. The van der Waals surface area contributed by atoms with Gasteiger partial charge in [-0.15, -0.1) is 5.11 Å². The largest absolute Gasteiger partial charge is 0.508 e. The zero-order valence-corrected chi connectivity index (χ0v) is 13.1. The van der Waals surface area contributed by atoms with Crippen molar-refractivity contribution in [3.8, 4) is 22.8 Å². The molecule has 120 valence electrons. The number of phenolic OH excluding ortho intramolecular Hbond substituents is 2. The number of phenols is 2. The molecule has 0 spiro atoms. The Balaban J connectivity index is 1.81. The summed E-state index contributed by atoms with van der Waals surface area (Å²) in [5.41, 5.74) is 3.12. The number of aryl methyl sites for hydroxylation is 1. The van der Waals surface area contributed by atoms with E-state index in [2.05, 4.69) is 20.2 Å². The fraction of sp³-hybridized carbons (Fsp3) is 0.111. The van der Waals surface area contributed by atoms with E-state index in [0.717, 1.165) is 17.0 Å². The van der Waals surface area contributed by atoms with Crippen molar-refractivity contribution in [2.24, 2.45) is 10.2 Å². The molecule has 0 atom stereocenters. The first kappa shape index (κ1) is 15.6. The summed E-state index contributed by atoms with van der Waals surface area (Å²) >= 11 is 0. The number of azo groups is 1. The summed E-state index contributed by atoms with van der Waals surface area (Å²) in [5.74, 6) is 0.249. The first-order chi connectivity index (χ1) is 11.6. The molecule has 0 radical (unpaired) electrons. The van der Waals surface area contributed by atoms with Crippen LogP contribution in [0.4, 0.5) is 5.95 Å². The van der Waals surface area contributed by atoms with E-state index in [1.807, 2.05) is 43.3 Å². The summed E-state index contributed by atoms with van der Waals surface area (Å²) in [4.78, 5) is 8.65. The first-order valence-electron chi connectivity index (χ1n) is 7.41. The molecule has 0 bridgehead atoms. The Morgan fingerprint density at radius 2 is 1.75 bits per heavy atom. The fourth-order valence-corrected chi connectivity index (χ4v) is 2.22. The number of aromatic nitrogens is 2. The molecule has 0 amide bonds. The summed E-state index contributed by atoms with van der Waals surface area (Å²) in [6, 6.07) is 16.0. The predicted octanol–water partition coefficient (Wildman–Crippen LogP) is 4.15. The van der Waals surface area contributed by atoms with Gasteiger partial charge in [-0.2, -0.15) is 5.11 Å². The topological polar surface area (TPSA) is 91.0 Å². The van der Waals surface area contributed by atoms with E-state index in [-0.39, 0.29) is 24.0 Å². The molecule has 0 saturated heterocycles. The van der Waals surface area contributed by atoms with Gasteiger partial charge in [0.1, 0.15) is 11.5 Å². The quantitative estimate of drug-likeness (QED) is 0.707. The molecule has 0 fully saturated rings. The summed E-state index contributed by atoms with van der Waals surface area (Å²) in [6.07, 6.45) is 0. The van der Waals surface area contributed by atoms with Crippen molar-refractivity contribution >= 4 is 5.95 Å². The summed E-state index contributed by atoms with van der Waals surface area (Å²) < 4.78 is 0. The fourth-order valence-electron chi connectivity index (χ4n) is 2.22. The molecule has 1 aromatic heterocycles. The smallest absolute Gasteiger partial charge is 0.269 e. The van der Waals surface area contributed by atoms with Gasteiger partial charge in [-0.3, -0.25) is 0 Å². The molecule has 6 heteroatoms. The standard InChI is InChI=1S/C18H16N4O2/c1-12-9-16(13-5-3-2-4-6-13)21-18(20-12)22-19-11-14-7-8-15(23)10-17(14)24/h2-10,23-24H,11H2,1H3. The lowest BCUT2D eigenvalue weighted by atomic mass is 10.1. The van der Waals surface area contributed by atoms with Crippen LogP contribution in [0.15, 0.2) is 64.8 Å². The maximum absolute atomic E-state index is 9.73. The minimum Gasteiger partial charge on any atom is -0.508 e. The highest BCUT2D eigenvalue weighted by molar-refractivity contribution is 5.60. The lowest BCUT2D eigenvalue weighted by Gasteiger charge is -2.03. The average molecular weight is 320 g/mol. The highest BCUT2D eigenvalue weighted by atomic mass is 16.3. The average Bonchev–Trinajstić information content (AvgIpc) is 2.57. The maximum atomic E-state index is 9.73. The van der Waals surface area contributed by atoms with Crippen LogP contribution in [0.25, 0.3) is 11.3 Å². The third-order valence-corrected chi connectivity index (χ3v) is 3.38. The molecule has 6 nitrogen and oxygen atoms in total. The molecule has 3 rings (SSSR count). The Labute approximate surface area is 139 Å². The van der Waals surface area contributed by atoms with E-state index in [9.17, 15) is 10.2 Å². The number of rotatable bonds is 4. The van der Waals surface area contributed by atoms with Crippen LogP contribution >= 0.6 is 0 Å². The molecule has 0 saturated carbocycles. The van der Waals surface area contributed by atoms with Crippen LogP contribution < -0.4 is 0 Å². The minimum absolute atomic E-state index is 0.00251. The molecule has 0 aliphatic heterocycles. The normalized spacial score (nSPS) is 11.0. The van der Waals surface area contributed by atoms with Crippen molar-refractivity contribution in [3.05, 3.63) is 65.9 Å². The molecule has 2 N–H and O–H groups in total. The van der Waals surface area contributed by atoms with Crippen molar-refractivity contribution in [2.75, 3.05) is 0 Å². The highest BCUT2D eigenvalue weighted by Gasteiger charge is 2.05. The lowest BCUT2D eigenvalue weighted by Crippen LogP contribution is -1.90. The van der Waals surface area contributed by atoms with Crippen molar-refractivity contribution in [1.29, 1.82) is 0 Å². The van der Waals surface area contributed by atoms with Gasteiger partial charge in [-0.1, -0.05) is 30.3 Å². The van der Waals surface area contributed by atoms with Crippen LogP contribution in [-0.4, -0.2) is 20.2 Å². The Morgan fingerprint density at radius 1 is 0.958 bits per heavy atom. The van der Waals surface area contributed by atoms with Gasteiger partial charge in [0, 0.05) is 22.9 Å². The van der Waals surface area contributed by atoms with Crippen LogP contribution in [0.5, 0.6) is 11.5 Å². The Morgan fingerprint density at radius 3 is 2.50 bits per heavy atom. The van der Waals surface area contributed by atoms with Gasteiger partial charge >= 0.3 is 0 Å². The molecule has 1 heterocycles. The maximum Gasteiger partial charge on any atom is 0.269 e. The second-order valence-corrected chi connectivity index (χ2v) is 5.27. The van der Waals surface area contributed by atoms with Crippen molar-refractivity contribution in [2.45, 2.75) is 13.5 Å². The second-order valence-electron chi connectivity index (χ2n) is 5.27. The van der Waals surface area contributed by atoms with Crippen molar-refractivity contribution < 1.29 is 10.2 Å². The molecule has 24 heavy (non-hydrogen) atoms. The van der Waals surface area contributed by atoms with E-state index in [1.165, 1.54) is 12.1 Å². The van der Waals surface area contributed by atoms with Crippen LogP contribution in [0, 0.1) is 6.92 Å². The van der Waals surface area contributed by atoms with Crippen LogP contribution in [-0.2, 0) is 6.54 Å². The molecule has 2 aromatic carbocycles. The first-order valence-corrected chi connectivity index (χ1v) is 7.41. The van der Waals surface area contributed by atoms with E-state index in [0.29, 0.717) is 5.56 Å². The SMILES string of the molecule is Cc1cc(-c2ccccc2)nc(N=NCc2ccc(O)cc2O)n1. The highest BCUT2D eigenvalue weighted by Crippen LogP contribution is 2.24. The zero-order chi connectivity index (χ0) is 16.9. The van der Waals surface area contributed by atoms with E-state index in [1.54, 1.807) is 6.07 Å².